The van der Waals surface area contributed by atoms with Gasteiger partial charge in [0, 0.05) is 15.6 Å². The second-order valence-electron chi connectivity index (χ2n) is 3.90. The Bertz CT molecular complexity index is 567. The zero-order chi connectivity index (χ0) is 13.1. The highest BCUT2D eigenvalue weighted by atomic mass is 35.5. The van der Waals surface area contributed by atoms with Crippen molar-refractivity contribution in [2.45, 2.75) is 12.8 Å². The molecule has 0 radical (unpaired) electrons. The Morgan fingerprint density at radius 3 is 2.50 bits per heavy atom. The SMILES string of the molecule is Cc1cc(Oc2ccc(Cl)cc2CCl)ccc1Cl. The monoisotopic (exact) mass is 300 g/mol. The molecule has 0 aromatic heterocycles. The van der Waals surface area contributed by atoms with Crippen LogP contribution in [0.3, 0.4) is 0 Å². The zero-order valence-corrected chi connectivity index (χ0v) is 12.0. The van der Waals surface area contributed by atoms with E-state index in [1.54, 1.807) is 12.1 Å². The van der Waals surface area contributed by atoms with Gasteiger partial charge in [0.25, 0.3) is 0 Å². The van der Waals surface area contributed by atoms with Gasteiger partial charge in [0.15, 0.2) is 0 Å². The third kappa shape index (κ3) is 3.11. The molecule has 0 spiro atoms. The number of ether oxygens (including phenoxy) is 1. The van der Waals surface area contributed by atoms with Crippen molar-refractivity contribution in [2.75, 3.05) is 0 Å². The van der Waals surface area contributed by atoms with E-state index in [1.165, 1.54) is 0 Å². The molecule has 2 aromatic carbocycles. The van der Waals surface area contributed by atoms with Gasteiger partial charge in [-0.15, -0.1) is 11.6 Å². The number of hydrogen-bond acceptors (Lipinski definition) is 1. The molecule has 0 unspecified atom stereocenters. The van der Waals surface area contributed by atoms with Crippen LogP contribution in [-0.4, -0.2) is 0 Å². The molecule has 0 aliphatic rings. The van der Waals surface area contributed by atoms with Crippen LogP contribution in [0.15, 0.2) is 36.4 Å². The standard InChI is InChI=1S/C14H11Cl3O/c1-9-6-12(3-4-13(9)17)18-14-5-2-11(16)7-10(14)8-15/h2-7H,8H2,1H3. The number of halogens is 3. The summed E-state index contributed by atoms with van der Waals surface area (Å²) in [5, 5.41) is 1.36. The van der Waals surface area contributed by atoms with Crippen LogP contribution in [-0.2, 0) is 5.88 Å². The fourth-order valence-electron chi connectivity index (χ4n) is 1.56. The molecule has 0 N–H and O–H groups in total. The molecule has 0 bridgehead atoms. The summed E-state index contributed by atoms with van der Waals surface area (Å²) in [4.78, 5) is 0. The van der Waals surface area contributed by atoms with Crippen molar-refractivity contribution < 1.29 is 4.74 Å². The molecular formula is C14H11Cl3O. The number of hydrogen-bond donors (Lipinski definition) is 0. The molecule has 1 nitrogen and oxygen atoms in total. The molecule has 0 aliphatic carbocycles. The topological polar surface area (TPSA) is 9.23 Å². The van der Waals surface area contributed by atoms with Gasteiger partial charge in [0.05, 0.1) is 5.88 Å². The molecule has 2 rings (SSSR count). The first-order valence-electron chi connectivity index (χ1n) is 5.38. The Morgan fingerprint density at radius 1 is 1.06 bits per heavy atom. The van der Waals surface area contributed by atoms with Crippen LogP contribution >= 0.6 is 34.8 Å². The Hall–Kier alpha value is -0.890. The second-order valence-corrected chi connectivity index (χ2v) is 5.01. The molecule has 0 amide bonds. The Labute approximate surface area is 121 Å². The van der Waals surface area contributed by atoms with Gasteiger partial charge in [-0.3, -0.25) is 0 Å². The van der Waals surface area contributed by atoms with E-state index in [0.29, 0.717) is 16.7 Å². The lowest BCUT2D eigenvalue weighted by Crippen LogP contribution is -1.90. The van der Waals surface area contributed by atoms with Gasteiger partial charge in [-0.05, 0) is 48.9 Å². The smallest absolute Gasteiger partial charge is 0.131 e. The van der Waals surface area contributed by atoms with Crippen LogP contribution in [0.2, 0.25) is 10.0 Å². The predicted molar refractivity (Wildman–Crippen MR) is 77.3 cm³/mol. The first-order valence-corrected chi connectivity index (χ1v) is 6.67. The third-order valence-electron chi connectivity index (χ3n) is 2.52. The molecule has 0 atom stereocenters. The second kappa shape index (κ2) is 5.83. The van der Waals surface area contributed by atoms with E-state index in [0.717, 1.165) is 21.9 Å². The first-order chi connectivity index (χ1) is 8.60. The summed E-state index contributed by atoms with van der Waals surface area (Å²) in [6, 6.07) is 10.9. The van der Waals surface area contributed by atoms with Crippen molar-refractivity contribution in [1.29, 1.82) is 0 Å². The van der Waals surface area contributed by atoms with Crippen molar-refractivity contribution in [3.8, 4) is 11.5 Å². The van der Waals surface area contributed by atoms with Gasteiger partial charge < -0.3 is 4.74 Å². The van der Waals surface area contributed by atoms with Crippen LogP contribution < -0.4 is 4.74 Å². The summed E-state index contributed by atoms with van der Waals surface area (Å²) in [5.74, 6) is 1.78. The molecule has 0 heterocycles. The van der Waals surface area contributed by atoms with Gasteiger partial charge in [-0.1, -0.05) is 23.2 Å². The average molecular weight is 302 g/mol. The van der Waals surface area contributed by atoms with Gasteiger partial charge in [-0.2, -0.15) is 0 Å². The Balaban J connectivity index is 2.30. The number of aryl methyl sites for hydroxylation is 1. The summed E-state index contributed by atoms with van der Waals surface area (Å²) in [5.41, 5.74) is 1.83. The van der Waals surface area contributed by atoms with E-state index < -0.39 is 0 Å². The molecular weight excluding hydrogens is 291 g/mol. The Morgan fingerprint density at radius 2 is 1.83 bits per heavy atom. The van der Waals surface area contributed by atoms with Crippen LogP contribution in [0.25, 0.3) is 0 Å². The fourth-order valence-corrected chi connectivity index (χ4v) is 2.08. The number of benzene rings is 2. The molecule has 94 valence electrons. The highest BCUT2D eigenvalue weighted by Gasteiger charge is 2.06. The average Bonchev–Trinajstić information content (AvgIpc) is 2.36. The third-order valence-corrected chi connectivity index (χ3v) is 3.47. The van der Waals surface area contributed by atoms with E-state index in [9.17, 15) is 0 Å². The van der Waals surface area contributed by atoms with Gasteiger partial charge in [0.2, 0.25) is 0 Å². The summed E-state index contributed by atoms with van der Waals surface area (Å²) in [7, 11) is 0. The van der Waals surface area contributed by atoms with Crippen molar-refractivity contribution in [1.82, 2.24) is 0 Å². The highest BCUT2D eigenvalue weighted by molar-refractivity contribution is 6.31. The zero-order valence-electron chi connectivity index (χ0n) is 9.71. The largest absolute Gasteiger partial charge is 0.457 e. The summed E-state index contributed by atoms with van der Waals surface area (Å²) >= 11 is 17.7. The van der Waals surface area contributed by atoms with Gasteiger partial charge >= 0.3 is 0 Å². The van der Waals surface area contributed by atoms with Crippen LogP contribution in [0.5, 0.6) is 11.5 Å². The summed E-state index contributed by atoms with van der Waals surface area (Å²) in [6.07, 6.45) is 0. The number of rotatable bonds is 3. The van der Waals surface area contributed by atoms with Crippen molar-refractivity contribution in [3.63, 3.8) is 0 Å². The minimum absolute atomic E-state index is 0.350. The molecule has 2 aromatic rings. The minimum Gasteiger partial charge on any atom is -0.457 e. The Kier molecular flexibility index (Phi) is 4.39. The molecule has 0 aliphatic heterocycles. The quantitative estimate of drug-likeness (QED) is 0.648. The fraction of sp³-hybridized carbons (Fsp3) is 0.143. The van der Waals surface area contributed by atoms with E-state index in [4.69, 9.17) is 39.5 Å². The summed E-state index contributed by atoms with van der Waals surface area (Å²) in [6.45, 7) is 1.93. The predicted octanol–water partition coefficient (Wildman–Crippen LogP) is 5.83. The van der Waals surface area contributed by atoms with E-state index in [1.807, 2.05) is 31.2 Å². The van der Waals surface area contributed by atoms with Gasteiger partial charge in [0.1, 0.15) is 11.5 Å². The van der Waals surface area contributed by atoms with Crippen LogP contribution in [0, 0.1) is 6.92 Å². The maximum Gasteiger partial charge on any atom is 0.131 e. The van der Waals surface area contributed by atoms with E-state index >= 15 is 0 Å². The van der Waals surface area contributed by atoms with Crippen LogP contribution in [0.1, 0.15) is 11.1 Å². The molecule has 18 heavy (non-hydrogen) atoms. The van der Waals surface area contributed by atoms with Crippen molar-refractivity contribution >= 4 is 34.8 Å². The lowest BCUT2D eigenvalue weighted by atomic mass is 10.2. The van der Waals surface area contributed by atoms with E-state index in [-0.39, 0.29) is 0 Å². The van der Waals surface area contributed by atoms with Crippen molar-refractivity contribution in [3.05, 3.63) is 57.6 Å². The van der Waals surface area contributed by atoms with Crippen molar-refractivity contribution in [2.24, 2.45) is 0 Å². The van der Waals surface area contributed by atoms with E-state index in [2.05, 4.69) is 0 Å². The lowest BCUT2D eigenvalue weighted by Gasteiger charge is -2.11. The molecule has 0 fully saturated rings. The van der Waals surface area contributed by atoms with Gasteiger partial charge in [-0.25, -0.2) is 0 Å². The molecule has 4 heteroatoms. The van der Waals surface area contributed by atoms with Crippen LogP contribution in [0.4, 0.5) is 0 Å². The minimum atomic E-state index is 0.350. The maximum atomic E-state index is 5.97. The molecule has 0 saturated carbocycles. The maximum absolute atomic E-state index is 5.97. The lowest BCUT2D eigenvalue weighted by molar-refractivity contribution is 0.478. The first kappa shape index (κ1) is 13.5. The normalized spacial score (nSPS) is 10.4. The summed E-state index contributed by atoms with van der Waals surface area (Å²) < 4.78 is 5.79. The molecule has 0 saturated heterocycles. The highest BCUT2D eigenvalue weighted by Crippen LogP contribution is 2.30. The number of alkyl halides is 1.